The maximum Gasteiger partial charge on any atom is 0.174 e. The molecule has 3 heterocycles. The zero-order chi connectivity index (χ0) is 23.3. The average Bonchev–Trinajstić information content (AvgIpc) is 3.15. The molecule has 3 aromatic rings. The Labute approximate surface area is 199 Å². The van der Waals surface area contributed by atoms with Crippen molar-refractivity contribution in [1.82, 2.24) is 10.3 Å². The Morgan fingerprint density at radius 2 is 1.82 bits per heavy atom. The molecule has 0 amide bonds. The normalized spacial score (nSPS) is 21.5. The molecular weight excluding hydrogens is 431 g/mol. The maximum absolute atomic E-state index is 13.7. The summed E-state index contributed by atoms with van der Waals surface area (Å²) in [5.41, 5.74) is 6.52. The second kappa shape index (κ2) is 7.96. The van der Waals surface area contributed by atoms with Crippen LogP contribution in [-0.2, 0) is 0 Å². The van der Waals surface area contributed by atoms with Gasteiger partial charge in [-0.15, -0.1) is 0 Å². The third-order valence-corrected chi connectivity index (χ3v) is 7.10. The van der Waals surface area contributed by atoms with Crippen LogP contribution in [0.4, 0.5) is 15.8 Å². The molecule has 1 N–H and O–H groups in total. The summed E-state index contributed by atoms with van der Waals surface area (Å²) in [6.45, 7) is 6.61. The van der Waals surface area contributed by atoms with Crippen LogP contribution in [-0.4, -0.2) is 22.7 Å². The van der Waals surface area contributed by atoms with Gasteiger partial charge in [-0.1, -0.05) is 18.2 Å². The minimum Gasteiger partial charge on any atom is -0.366 e. The van der Waals surface area contributed by atoms with Crippen molar-refractivity contribution in [1.29, 1.82) is 0 Å². The van der Waals surface area contributed by atoms with Crippen molar-refractivity contribution in [3.8, 4) is 0 Å². The number of benzene rings is 2. The van der Waals surface area contributed by atoms with Crippen molar-refractivity contribution in [3.63, 3.8) is 0 Å². The van der Waals surface area contributed by atoms with Crippen LogP contribution >= 0.6 is 12.2 Å². The predicted molar refractivity (Wildman–Crippen MR) is 137 cm³/mol. The van der Waals surface area contributed by atoms with Crippen molar-refractivity contribution in [3.05, 3.63) is 95.6 Å². The molecule has 2 aliphatic rings. The molecule has 0 unspecified atom stereocenters. The molecule has 5 rings (SSSR count). The predicted octanol–water partition coefficient (Wildman–Crippen LogP) is 6.03. The van der Waals surface area contributed by atoms with Gasteiger partial charge >= 0.3 is 0 Å². The lowest BCUT2D eigenvalue weighted by Crippen LogP contribution is -2.42. The largest absolute Gasteiger partial charge is 0.366 e. The zero-order valence-electron chi connectivity index (χ0n) is 19.2. The lowest BCUT2D eigenvalue weighted by Gasteiger charge is -2.41. The number of nitrogens with one attached hydrogen (secondary N) is 1. The number of thiocarbonyl (C=S) groups is 1. The van der Waals surface area contributed by atoms with Crippen LogP contribution in [0.1, 0.15) is 49.7 Å². The topological polar surface area (TPSA) is 31.4 Å². The Balaban J connectivity index is 1.65. The van der Waals surface area contributed by atoms with Gasteiger partial charge in [0.1, 0.15) is 5.82 Å². The van der Waals surface area contributed by atoms with Crippen molar-refractivity contribution in [2.24, 2.45) is 0 Å². The third kappa shape index (κ3) is 3.68. The number of aromatic nitrogens is 1. The molecule has 0 spiro atoms. The number of halogens is 1. The number of likely N-dealkylation sites (N-methyl/N-ethyl adjacent to an activating group) is 1. The third-order valence-electron chi connectivity index (χ3n) is 6.79. The van der Waals surface area contributed by atoms with Gasteiger partial charge in [0.25, 0.3) is 0 Å². The van der Waals surface area contributed by atoms with Crippen LogP contribution in [0.5, 0.6) is 0 Å². The average molecular weight is 459 g/mol. The lowest BCUT2D eigenvalue weighted by molar-refractivity contribution is 0.566. The Hall–Kier alpha value is -3.25. The van der Waals surface area contributed by atoms with E-state index in [1.807, 2.05) is 18.2 Å². The molecule has 4 nitrogen and oxygen atoms in total. The van der Waals surface area contributed by atoms with Gasteiger partial charge in [-0.05, 0) is 92.7 Å². The summed E-state index contributed by atoms with van der Waals surface area (Å²) < 4.78 is 13.7. The van der Waals surface area contributed by atoms with E-state index in [4.69, 9.17) is 12.2 Å². The van der Waals surface area contributed by atoms with Gasteiger partial charge in [-0.3, -0.25) is 4.98 Å². The van der Waals surface area contributed by atoms with E-state index in [9.17, 15) is 4.39 Å². The highest BCUT2D eigenvalue weighted by molar-refractivity contribution is 7.80. The number of hydrogen-bond acceptors (Lipinski definition) is 3. The molecule has 2 aliphatic heterocycles. The summed E-state index contributed by atoms with van der Waals surface area (Å²) in [6, 6.07) is 18.8. The molecule has 33 heavy (non-hydrogen) atoms. The number of rotatable bonds is 3. The van der Waals surface area contributed by atoms with E-state index in [2.05, 4.69) is 72.2 Å². The number of anilines is 2. The maximum atomic E-state index is 13.7. The summed E-state index contributed by atoms with van der Waals surface area (Å²) in [6.07, 6.45) is 4.11. The van der Waals surface area contributed by atoms with E-state index in [1.165, 1.54) is 29.0 Å². The molecule has 1 fully saturated rings. The van der Waals surface area contributed by atoms with Crippen LogP contribution in [0.2, 0.25) is 0 Å². The van der Waals surface area contributed by atoms with Crippen molar-refractivity contribution in [2.45, 2.75) is 38.4 Å². The number of hydrogen-bond donors (Lipinski definition) is 1. The van der Waals surface area contributed by atoms with Crippen molar-refractivity contribution < 1.29 is 4.39 Å². The van der Waals surface area contributed by atoms with Gasteiger partial charge in [-0.25, -0.2) is 4.39 Å². The fourth-order valence-electron chi connectivity index (χ4n) is 4.93. The molecule has 0 aliphatic carbocycles. The lowest BCUT2D eigenvalue weighted by atomic mass is 9.86. The number of allylic oxidation sites excluding steroid dienone is 1. The molecule has 6 heteroatoms. The van der Waals surface area contributed by atoms with Crippen molar-refractivity contribution >= 4 is 34.3 Å². The molecule has 2 atom stereocenters. The summed E-state index contributed by atoms with van der Waals surface area (Å²) in [5, 5.41) is 4.07. The number of nitrogens with zero attached hydrogens (tertiary/aromatic N) is 3. The fourth-order valence-corrected chi connectivity index (χ4v) is 5.28. The molecule has 168 valence electrons. The monoisotopic (exact) mass is 458 g/mol. The quantitative estimate of drug-likeness (QED) is 0.485. The first-order valence-electron chi connectivity index (χ1n) is 11.1. The standard InChI is InChI=1S/C27H27FN4S/c1-17-16-27(2,3)31(4)23-13-8-18(15-21(17)23)25-24(22-7-5-6-14-29-22)30-26(33)32(25)20-11-9-19(28)10-12-20/h5-16,24-25H,1-4H3,(H,30,33)/t24-,25+/m0/s1. The van der Waals surface area contributed by atoms with Gasteiger partial charge < -0.3 is 15.1 Å². The second-order valence-electron chi connectivity index (χ2n) is 9.29. The van der Waals surface area contributed by atoms with Gasteiger partial charge in [0.15, 0.2) is 5.11 Å². The second-order valence-corrected chi connectivity index (χ2v) is 9.68. The van der Waals surface area contributed by atoms with E-state index in [0.29, 0.717) is 5.11 Å². The fraction of sp³-hybridized carbons (Fsp3) is 0.259. The van der Waals surface area contributed by atoms with Gasteiger partial charge in [0.05, 0.1) is 23.3 Å². The molecular formula is C27H27FN4S. The van der Waals surface area contributed by atoms with E-state index >= 15 is 0 Å². The minimum absolute atomic E-state index is 0.0499. The highest BCUT2D eigenvalue weighted by Gasteiger charge is 2.41. The minimum atomic E-state index is -0.269. The Morgan fingerprint density at radius 3 is 2.52 bits per heavy atom. The highest BCUT2D eigenvalue weighted by Crippen LogP contribution is 2.45. The van der Waals surface area contributed by atoms with Crippen LogP contribution < -0.4 is 15.1 Å². The smallest absolute Gasteiger partial charge is 0.174 e. The molecule has 0 radical (unpaired) electrons. The summed E-state index contributed by atoms with van der Waals surface area (Å²) in [5.74, 6) is -0.269. The molecule has 2 aromatic carbocycles. The van der Waals surface area contributed by atoms with E-state index < -0.39 is 0 Å². The Kier molecular flexibility index (Phi) is 5.20. The Morgan fingerprint density at radius 1 is 1.06 bits per heavy atom. The van der Waals surface area contributed by atoms with Gasteiger partial charge in [0, 0.05) is 30.2 Å². The zero-order valence-corrected chi connectivity index (χ0v) is 20.0. The van der Waals surface area contributed by atoms with Crippen LogP contribution in [0, 0.1) is 5.82 Å². The summed E-state index contributed by atoms with van der Waals surface area (Å²) >= 11 is 5.78. The molecule has 1 saturated heterocycles. The van der Waals surface area contributed by atoms with Gasteiger partial charge in [0.2, 0.25) is 0 Å². The van der Waals surface area contributed by atoms with E-state index in [-0.39, 0.29) is 23.4 Å². The molecule has 0 saturated carbocycles. The van der Waals surface area contributed by atoms with E-state index in [1.54, 1.807) is 18.3 Å². The van der Waals surface area contributed by atoms with Crippen LogP contribution in [0.25, 0.3) is 5.57 Å². The first kappa shape index (κ1) is 21.6. The van der Waals surface area contributed by atoms with Crippen LogP contribution in [0.15, 0.2) is 72.9 Å². The first-order chi connectivity index (χ1) is 15.8. The van der Waals surface area contributed by atoms with Crippen LogP contribution in [0.3, 0.4) is 0 Å². The number of pyridine rings is 1. The van der Waals surface area contributed by atoms with Crippen molar-refractivity contribution in [2.75, 3.05) is 16.8 Å². The first-order valence-corrected chi connectivity index (χ1v) is 11.5. The SMILES string of the molecule is CC1=CC(C)(C)N(C)c2ccc([C@@H]3[C@H](c4ccccn4)NC(=S)N3c3ccc(F)cc3)cc21. The Bertz CT molecular complexity index is 1240. The summed E-state index contributed by atoms with van der Waals surface area (Å²) in [7, 11) is 2.13. The highest BCUT2D eigenvalue weighted by atomic mass is 32.1. The van der Waals surface area contributed by atoms with E-state index in [0.717, 1.165) is 16.9 Å². The molecule has 1 aromatic heterocycles. The summed E-state index contributed by atoms with van der Waals surface area (Å²) in [4.78, 5) is 9.00. The van der Waals surface area contributed by atoms with Gasteiger partial charge in [-0.2, -0.15) is 0 Å². The number of fused-ring (bicyclic) bond motifs is 1. The molecule has 0 bridgehead atoms.